The molecule has 0 saturated heterocycles. The third-order valence-electron chi connectivity index (χ3n) is 3.69. The lowest BCUT2D eigenvalue weighted by Crippen LogP contribution is -2.42. The number of sulfonamides is 1. The van der Waals surface area contributed by atoms with Gasteiger partial charge in [-0.2, -0.15) is 22.3 Å². The zero-order valence-corrected chi connectivity index (χ0v) is 16.3. The summed E-state index contributed by atoms with van der Waals surface area (Å²) in [7, 11) is -3.37. The highest BCUT2D eigenvalue weighted by atomic mass is 35.5. The first-order chi connectivity index (χ1) is 12.7. The highest BCUT2D eigenvalue weighted by molar-refractivity contribution is 7.89. The fourth-order valence-electron chi connectivity index (χ4n) is 2.20. The van der Waals surface area contributed by atoms with Crippen LogP contribution in [0.5, 0.6) is 0 Å². The molecule has 0 aliphatic rings. The van der Waals surface area contributed by atoms with E-state index in [1.54, 1.807) is 0 Å². The molecule has 13 heteroatoms. The van der Waals surface area contributed by atoms with Gasteiger partial charge in [-0.25, -0.2) is 13.4 Å². The van der Waals surface area contributed by atoms with E-state index in [0.29, 0.717) is 6.92 Å². The van der Waals surface area contributed by atoms with Crippen LogP contribution >= 0.6 is 11.6 Å². The van der Waals surface area contributed by atoms with E-state index < -0.39 is 44.0 Å². The smallest absolute Gasteiger partial charge is 0.344 e. The molecule has 154 valence electrons. The second kappa shape index (κ2) is 7.68. The van der Waals surface area contributed by atoms with Crippen LogP contribution in [-0.4, -0.2) is 36.1 Å². The molecule has 0 bridgehead atoms. The number of hydrogen-bond donors (Lipinski definition) is 2. The predicted octanol–water partition coefficient (Wildman–Crippen LogP) is 3.00. The number of rotatable bonds is 5. The van der Waals surface area contributed by atoms with Gasteiger partial charge in [-0.3, -0.25) is 4.79 Å². The summed E-state index contributed by atoms with van der Waals surface area (Å²) in [4.78, 5) is 15.2. The molecule has 2 heterocycles. The summed E-state index contributed by atoms with van der Waals surface area (Å²) in [6, 6.07) is -1.07. The van der Waals surface area contributed by atoms with Gasteiger partial charge in [-0.15, -0.1) is 0 Å². The van der Waals surface area contributed by atoms with Crippen LogP contribution in [0.3, 0.4) is 0 Å². The van der Waals surface area contributed by atoms with Crippen LogP contribution in [0.2, 0.25) is 5.02 Å². The van der Waals surface area contributed by atoms with Gasteiger partial charge in [0.15, 0.2) is 0 Å². The number of pyridine rings is 1. The molecule has 0 aliphatic heterocycles. The first kappa shape index (κ1) is 22.1. The Balaban J connectivity index is 2.34. The maximum atomic E-state index is 13.2. The molecule has 2 aromatic heterocycles. The average molecular weight is 443 g/mol. The zero-order chi connectivity index (χ0) is 21.4. The highest BCUT2D eigenvalue weighted by Crippen LogP contribution is 2.29. The van der Waals surface area contributed by atoms with Gasteiger partial charge < -0.3 is 9.88 Å². The number of anilines is 1. The molecule has 0 radical (unpaired) electrons. The Morgan fingerprint density at radius 3 is 2.50 bits per heavy atom. The van der Waals surface area contributed by atoms with Gasteiger partial charge >= 0.3 is 6.18 Å². The topological polar surface area (TPSA) is 93.1 Å². The second-order valence-electron chi connectivity index (χ2n) is 5.94. The van der Waals surface area contributed by atoms with Crippen molar-refractivity contribution in [1.29, 1.82) is 0 Å². The summed E-state index contributed by atoms with van der Waals surface area (Å²) in [5.41, 5.74) is -0.0394. The molecular formula is C15H15ClF4N4O3S. The van der Waals surface area contributed by atoms with E-state index >= 15 is 0 Å². The number of halogens is 5. The number of carbonyl (C=O) groups is 1. The van der Waals surface area contributed by atoms with Gasteiger partial charge in [0.2, 0.25) is 16.0 Å². The third kappa shape index (κ3) is 4.62. The Morgan fingerprint density at radius 1 is 1.36 bits per heavy atom. The lowest BCUT2D eigenvalue weighted by molar-refractivity contribution is -0.147. The second-order valence-corrected chi connectivity index (χ2v) is 8.00. The fourth-order valence-corrected chi connectivity index (χ4v) is 4.12. The number of hydrogen-bond acceptors (Lipinski definition) is 4. The van der Waals surface area contributed by atoms with E-state index in [0.717, 1.165) is 17.0 Å². The summed E-state index contributed by atoms with van der Waals surface area (Å²) >= 11 is 5.97. The number of carbonyl (C=O) groups excluding carboxylic acids is 1. The summed E-state index contributed by atoms with van der Waals surface area (Å²) in [6.45, 7) is 2.05. The van der Waals surface area contributed by atoms with Gasteiger partial charge in [0, 0.05) is 18.8 Å². The van der Waals surface area contributed by atoms with Crippen molar-refractivity contribution in [1.82, 2.24) is 14.3 Å². The van der Waals surface area contributed by atoms with Gasteiger partial charge in [0.25, 0.3) is 5.91 Å². The van der Waals surface area contributed by atoms with Crippen LogP contribution in [0.25, 0.3) is 0 Å². The number of alkyl halides is 3. The predicted molar refractivity (Wildman–Crippen MR) is 93.1 cm³/mol. The van der Waals surface area contributed by atoms with E-state index in [-0.39, 0.29) is 16.9 Å². The minimum atomic E-state index is -4.80. The molecule has 2 N–H and O–H groups in total. The van der Waals surface area contributed by atoms with Crippen molar-refractivity contribution >= 4 is 33.2 Å². The molecule has 1 atom stereocenters. The highest BCUT2D eigenvalue weighted by Gasteiger charge is 2.40. The minimum absolute atomic E-state index is 0.120. The number of nitrogens with one attached hydrogen (secondary N) is 2. The van der Waals surface area contributed by atoms with Crippen molar-refractivity contribution in [2.45, 2.75) is 31.0 Å². The van der Waals surface area contributed by atoms with Crippen LogP contribution in [-0.2, 0) is 17.1 Å². The first-order valence-corrected chi connectivity index (χ1v) is 9.47. The maximum Gasteiger partial charge on any atom is 0.404 e. The van der Waals surface area contributed by atoms with Crippen LogP contribution in [0, 0.1) is 12.9 Å². The van der Waals surface area contributed by atoms with Crippen molar-refractivity contribution < 1.29 is 30.8 Å². The van der Waals surface area contributed by atoms with E-state index in [2.05, 4.69) is 10.3 Å². The van der Waals surface area contributed by atoms with Crippen LogP contribution in [0.15, 0.2) is 23.4 Å². The van der Waals surface area contributed by atoms with E-state index in [1.807, 2.05) is 0 Å². The van der Waals surface area contributed by atoms with Crippen LogP contribution < -0.4 is 10.0 Å². The Kier molecular flexibility index (Phi) is 6.07. The number of nitrogens with zero attached hydrogens (tertiary/aromatic N) is 2. The molecular weight excluding hydrogens is 428 g/mol. The van der Waals surface area contributed by atoms with Gasteiger partial charge in [-0.05, 0) is 19.9 Å². The number of amides is 1. The molecule has 0 fully saturated rings. The van der Waals surface area contributed by atoms with Gasteiger partial charge in [0.1, 0.15) is 16.6 Å². The summed E-state index contributed by atoms with van der Waals surface area (Å²) in [6.07, 6.45) is -2.85. The first-order valence-electron chi connectivity index (χ1n) is 7.61. The number of aromatic nitrogens is 2. The SMILES string of the molecule is Cc1cc(NC(=O)c2c(Cl)c(S(=O)(=O)NC(C)C(F)(F)F)cn2C)cnc1F. The Bertz CT molecular complexity index is 1020. The summed E-state index contributed by atoms with van der Waals surface area (Å²) in [5.74, 6) is -1.58. The monoisotopic (exact) mass is 442 g/mol. The van der Waals surface area contributed by atoms with Crippen molar-refractivity contribution in [3.8, 4) is 0 Å². The van der Waals surface area contributed by atoms with Crippen molar-refractivity contribution in [3.05, 3.63) is 40.7 Å². The molecule has 0 aromatic carbocycles. The van der Waals surface area contributed by atoms with E-state index in [4.69, 9.17) is 11.6 Å². The van der Waals surface area contributed by atoms with Crippen molar-refractivity contribution in [3.63, 3.8) is 0 Å². The van der Waals surface area contributed by atoms with E-state index in [9.17, 15) is 30.8 Å². The lowest BCUT2D eigenvalue weighted by Gasteiger charge is -2.16. The quantitative estimate of drug-likeness (QED) is 0.550. The van der Waals surface area contributed by atoms with Crippen LogP contribution in [0.4, 0.5) is 23.2 Å². The number of aryl methyl sites for hydroxylation is 2. The Hall–Kier alpha value is -2.18. The molecule has 0 aliphatic carbocycles. The lowest BCUT2D eigenvalue weighted by atomic mass is 10.3. The minimum Gasteiger partial charge on any atom is -0.344 e. The Labute approximate surface area is 162 Å². The molecule has 2 aromatic rings. The average Bonchev–Trinajstić information content (AvgIpc) is 2.85. The third-order valence-corrected chi connectivity index (χ3v) is 5.73. The molecule has 28 heavy (non-hydrogen) atoms. The van der Waals surface area contributed by atoms with Gasteiger partial charge in [0.05, 0.1) is 16.9 Å². The largest absolute Gasteiger partial charge is 0.404 e. The van der Waals surface area contributed by atoms with Crippen molar-refractivity contribution in [2.24, 2.45) is 7.05 Å². The molecule has 1 amide bonds. The standard InChI is InChI=1S/C15H15ClF4N4O3S/c1-7-4-9(5-21-13(7)17)22-14(25)12-11(16)10(6-24(12)3)28(26,27)23-8(2)15(18,19)20/h4-6,8,23H,1-3H3,(H,22,25). The zero-order valence-electron chi connectivity index (χ0n) is 14.7. The fraction of sp³-hybridized carbons (Fsp3) is 0.333. The van der Waals surface area contributed by atoms with E-state index in [1.165, 1.54) is 24.8 Å². The molecule has 2 rings (SSSR count). The molecule has 7 nitrogen and oxygen atoms in total. The molecule has 0 saturated carbocycles. The maximum absolute atomic E-state index is 13.2. The summed E-state index contributed by atoms with van der Waals surface area (Å²) in [5, 5.41) is 1.81. The molecule has 0 spiro atoms. The van der Waals surface area contributed by atoms with Gasteiger partial charge in [-0.1, -0.05) is 11.6 Å². The Morgan fingerprint density at radius 2 is 1.96 bits per heavy atom. The molecule has 1 unspecified atom stereocenters. The van der Waals surface area contributed by atoms with Crippen molar-refractivity contribution in [2.75, 3.05) is 5.32 Å². The van der Waals surface area contributed by atoms with Crippen LogP contribution in [0.1, 0.15) is 23.0 Å². The summed E-state index contributed by atoms with van der Waals surface area (Å²) < 4.78 is 78.2. The normalized spacial score (nSPS) is 13.4.